The van der Waals surface area contributed by atoms with Gasteiger partial charge in [-0.15, -0.1) is 34.9 Å². The molecule has 14 nitrogen and oxygen atoms in total. The summed E-state index contributed by atoms with van der Waals surface area (Å²) in [5.41, 5.74) is 4.89. The normalized spacial score (nSPS) is 18.6. The van der Waals surface area contributed by atoms with E-state index in [1.165, 1.54) is 53.2 Å². The van der Waals surface area contributed by atoms with Crippen LogP contribution in [0.4, 0.5) is 5.13 Å². The summed E-state index contributed by atoms with van der Waals surface area (Å²) in [6.07, 6.45) is 1.26. The Kier molecular flexibility index (Phi) is 9.63. The van der Waals surface area contributed by atoms with Gasteiger partial charge >= 0.3 is 17.6 Å². The molecule has 0 radical (unpaired) electrons. The van der Waals surface area contributed by atoms with Crippen molar-refractivity contribution >= 4 is 69.5 Å². The number of hydrogen-bond donors (Lipinski definition) is 2. The molecule has 0 spiro atoms. The van der Waals surface area contributed by atoms with Crippen LogP contribution in [0.3, 0.4) is 0 Å². The number of nitrogens with two attached hydrogens (primary N) is 1. The lowest BCUT2D eigenvalue weighted by Gasteiger charge is -2.49. The van der Waals surface area contributed by atoms with Gasteiger partial charge in [-0.05, 0) is 32.4 Å². The molecule has 4 rings (SSSR count). The molecule has 2 aromatic heterocycles. The molecule has 0 bridgehead atoms. The molecular formula is C25H27N5O9S3. The van der Waals surface area contributed by atoms with Crippen LogP contribution in [0.15, 0.2) is 54.3 Å². The van der Waals surface area contributed by atoms with Gasteiger partial charge in [0, 0.05) is 27.8 Å². The van der Waals surface area contributed by atoms with E-state index in [4.69, 9.17) is 24.5 Å². The van der Waals surface area contributed by atoms with Crippen LogP contribution in [0.1, 0.15) is 26.5 Å². The molecule has 42 heavy (non-hydrogen) atoms. The standard InChI is InChI=1S/C25H27N5O9S3/c1-25(2,3)23(35)39-11-38-22(34)18-12(8-40-13-5-6-37-15(31)7-13)9-41-21-17(20(33)30(18)21)28-19(32)16(29-36-4)14-10-42-24(26)27-14/h5-7,10,17,21H,8-9,11H2,1-4H3,(H2,26,27)(H,28,32)/b29-16-/t17-,21-/m1/s1. The Morgan fingerprint density at radius 2 is 2.05 bits per heavy atom. The molecule has 1 fully saturated rings. The van der Waals surface area contributed by atoms with Crippen LogP contribution in [0.25, 0.3) is 0 Å². The average Bonchev–Trinajstić information content (AvgIpc) is 3.37. The molecule has 2 atom stereocenters. The third kappa shape index (κ3) is 6.96. The number of thioether (sulfide) groups is 2. The number of nitrogens with zero attached hydrogens (tertiary/aromatic N) is 3. The minimum atomic E-state index is -0.991. The first-order valence-corrected chi connectivity index (χ1v) is 15.2. The Balaban J connectivity index is 1.53. The fourth-order valence-electron chi connectivity index (χ4n) is 3.73. The van der Waals surface area contributed by atoms with Gasteiger partial charge in [-0.1, -0.05) is 5.16 Å². The van der Waals surface area contributed by atoms with Gasteiger partial charge in [0.25, 0.3) is 11.8 Å². The lowest BCUT2D eigenvalue weighted by Crippen LogP contribution is -2.71. The second-order valence-electron chi connectivity index (χ2n) is 9.81. The first kappa shape index (κ1) is 31.1. The van der Waals surface area contributed by atoms with Gasteiger partial charge in [-0.3, -0.25) is 19.3 Å². The van der Waals surface area contributed by atoms with Crippen molar-refractivity contribution in [3.8, 4) is 0 Å². The van der Waals surface area contributed by atoms with Crippen molar-refractivity contribution in [1.82, 2.24) is 15.2 Å². The number of nitrogens with one attached hydrogen (secondary N) is 1. The van der Waals surface area contributed by atoms with Gasteiger partial charge in [0.2, 0.25) is 6.79 Å². The van der Waals surface area contributed by atoms with Crippen LogP contribution in [0.2, 0.25) is 0 Å². The maximum atomic E-state index is 13.4. The van der Waals surface area contributed by atoms with Crippen LogP contribution in [0.5, 0.6) is 0 Å². The third-order valence-corrected chi connectivity index (χ3v) is 8.87. The molecule has 2 aliphatic heterocycles. The molecule has 4 heterocycles. The minimum absolute atomic E-state index is 0.0189. The van der Waals surface area contributed by atoms with Crippen LogP contribution in [-0.4, -0.2) is 76.2 Å². The predicted molar refractivity (Wildman–Crippen MR) is 154 cm³/mol. The molecular weight excluding hydrogens is 611 g/mol. The number of amides is 2. The maximum absolute atomic E-state index is 13.4. The van der Waals surface area contributed by atoms with E-state index >= 15 is 0 Å². The number of ether oxygens (including phenoxy) is 2. The van der Waals surface area contributed by atoms with Gasteiger partial charge in [-0.25, -0.2) is 14.6 Å². The highest BCUT2D eigenvalue weighted by atomic mass is 32.2. The Morgan fingerprint density at radius 3 is 2.69 bits per heavy atom. The highest BCUT2D eigenvalue weighted by Crippen LogP contribution is 2.42. The summed E-state index contributed by atoms with van der Waals surface area (Å²) in [6, 6.07) is 1.92. The largest absolute Gasteiger partial charge is 0.431 e. The number of fused-ring (bicyclic) bond motifs is 1. The quantitative estimate of drug-likeness (QED) is 0.0953. The topological polar surface area (TPSA) is 193 Å². The number of nitrogen functional groups attached to an aromatic ring is 1. The fraction of sp³-hybridized carbons (Fsp3) is 0.400. The van der Waals surface area contributed by atoms with Crippen molar-refractivity contribution in [1.29, 1.82) is 0 Å². The number of anilines is 1. The highest BCUT2D eigenvalue weighted by molar-refractivity contribution is 8.01. The van der Waals surface area contributed by atoms with Gasteiger partial charge in [0.05, 0.1) is 11.7 Å². The van der Waals surface area contributed by atoms with Crippen molar-refractivity contribution in [3.63, 3.8) is 0 Å². The zero-order valence-corrected chi connectivity index (χ0v) is 25.4. The zero-order valence-electron chi connectivity index (χ0n) is 22.9. The molecule has 3 N–H and O–H groups in total. The first-order valence-electron chi connectivity index (χ1n) is 12.3. The number of thiazole rings is 1. The molecule has 0 saturated carbocycles. The van der Waals surface area contributed by atoms with Crippen molar-refractivity contribution in [2.75, 3.05) is 31.1 Å². The lowest BCUT2D eigenvalue weighted by molar-refractivity contribution is -0.173. The number of β-lactam (4-membered cyclic amide) rings is 1. The second kappa shape index (κ2) is 13.0. The number of oxime groups is 1. The van der Waals surface area contributed by atoms with E-state index in [9.17, 15) is 24.0 Å². The number of carbonyl (C=O) groups is 4. The maximum Gasteiger partial charge on any atom is 0.357 e. The van der Waals surface area contributed by atoms with Crippen LogP contribution in [0, 0.1) is 5.41 Å². The number of esters is 2. The third-order valence-electron chi connectivity index (χ3n) is 5.77. The summed E-state index contributed by atoms with van der Waals surface area (Å²) in [7, 11) is 1.26. The van der Waals surface area contributed by atoms with E-state index in [1.54, 1.807) is 26.8 Å². The molecule has 2 aliphatic rings. The van der Waals surface area contributed by atoms with Gasteiger partial charge in [0.1, 0.15) is 29.9 Å². The van der Waals surface area contributed by atoms with E-state index in [0.29, 0.717) is 16.2 Å². The van der Waals surface area contributed by atoms with E-state index in [2.05, 4.69) is 15.5 Å². The van der Waals surface area contributed by atoms with Crippen molar-refractivity contribution in [2.45, 2.75) is 37.1 Å². The Hall–Kier alpha value is -3.83. The first-order chi connectivity index (χ1) is 19.9. The smallest absolute Gasteiger partial charge is 0.357 e. The molecule has 17 heteroatoms. The average molecular weight is 638 g/mol. The second-order valence-corrected chi connectivity index (χ2v) is 12.9. The summed E-state index contributed by atoms with van der Waals surface area (Å²) in [4.78, 5) is 74.0. The lowest BCUT2D eigenvalue weighted by atomic mass is 9.98. The highest BCUT2D eigenvalue weighted by Gasteiger charge is 2.54. The number of aromatic nitrogens is 1. The minimum Gasteiger partial charge on any atom is -0.431 e. The van der Waals surface area contributed by atoms with E-state index in [0.717, 1.165) is 11.3 Å². The zero-order chi connectivity index (χ0) is 30.6. The summed E-state index contributed by atoms with van der Waals surface area (Å²) in [6.45, 7) is 4.32. The SMILES string of the molecule is CO/N=C(\C(=O)N[C@@H]1C(=O)N2C(C(=O)OCOC(=O)C(C)(C)C)=C(CSc3ccoc(=O)c3)CS[C@H]12)c1csc(N)n1. The summed E-state index contributed by atoms with van der Waals surface area (Å²) < 4.78 is 15.0. The molecule has 224 valence electrons. The number of hydrogen-bond acceptors (Lipinski definition) is 15. The number of rotatable bonds is 10. The van der Waals surface area contributed by atoms with Crippen LogP contribution < -0.4 is 16.7 Å². The van der Waals surface area contributed by atoms with Crippen molar-refractivity contribution in [2.24, 2.45) is 10.6 Å². The predicted octanol–water partition coefficient (Wildman–Crippen LogP) is 1.57. The molecule has 0 aliphatic carbocycles. The van der Waals surface area contributed by atoms with Crippen molar-refractivity contribution in [3.05, 3.63) is 51.2 Å². The molecule has 2 aromatic rings. The summed E-state index contributed by atoms with van der Waals surface area (Å²) in [5.74, 6) is -2.17. The fourth-order valence-corrected chi connectivity index (χ4v) is 6.67. The Bertz CT molecular complexity index is 1510. The monoisotopic (exact) mass is 637 g/mol. The van der Waals surface area contributed by atoms with Crippen LogP contribution >= 0.6 is 34.9 Å². The van der Waals surface area contributed by atoms with E-state index in [-0.39, 0.29) is 28.0 Å². The van der Waals surface area contributed by atoms with Crippen LogP contribution in [-0.2, 0) is 33.5 Å². The van der Waals surface area contributed by atoms with E-state index < -0.39 is 53.0 Å². The number of carbonyl (C=O) groups excluding carboxylic acids is 4. The Morgan fingerprint density at radius 1 is 1.29 bits per heavy atom. The van der Waals surface area contributed by atoms with Gasteiger partial charge < -0.3 is 29.8 Å². The van der Waals surface area contributed by atoms with E-state index in [1.807, 2.05) is 0 Å². The van der Waals surface area contributed by atoms with Gasteiger partial charge in [0.15, 0.2) is 10.8 Å². The molecule has 0 unspecified atom stereocenters. The Labute approximate surface area is 252 Å². The summed E-state index contributed by atoms with van der Waals surface area (Å²) in [5, 5.41) is 7.48. The van der Waals surface area contributed by atoms with Gasteiger partial charge in [-0.2, -0.15) is 0 Å². The molecule has 1 saturated heterocycles. The molecule has 2 amide bonds. The summed E-state index contributed by atoms with van der Waals surface area (Å²) >= 11 is 3.71. The molecule has 0 aromatic carbocycles. The van der Waals surface area contributed by atoms with Crippen molar-refractivity contribution < 1.29 is 37.9 Å².